The van der Waals surface area contributed by atoms with Crippen molar-refractivity contribution in [2.75, 3.05) is 21.3 Å². The Bertz CT molecular complexity index is 331. The fourth-order valence-electron chi connectivity index (χ4n) is 1.14. The van der Waals surface area contributed by atoms with Gasteiger partial charge in [-0.3, -0.25) is 0 Å². The van der Waals surface area contributed by atoms with Crippen LogP contribution in [0.3, 0.4) is 0 Å². The summed E-state index contributed by atoms with van der Waals surface area (Å²) in [6.07, 6.45) is -6.47. The van der Waals surface area contributed by atoms with E-state index >= 15 is 0 Å². The summed E-state index contributed by atoms with van der Waals surface area (Å²) in [6, 6.07) is -0.486. The molecule has 0 radical (unpaired) electrons. The lowest BCUT2D eigenvalue weighted by molar-refractivity contribution is -0.341. The van der Waals surface area contributed by atoms with Crippen molar-refractivity contribution in [2.24, 2.45) is 0 Å². The molecule has 0 fully saturated rings. The lowest BCUT2D eigenvalue weighted by Gasteiger charge is -2.26. The van der Waals surface area contributed by atoms with E-state index in [4.69, 9.17) is 13.3 Å². The second-order valence-corrected chi connectivity index (χ2v) is 6.60. The lowest BCUT2D eigenvalue weighted by Crippen LogP contribution is -2.51. The van der Waals surface area contributed by atoms with Gasteiger partial charge < -0.3 is 13.3 Å². The largest absolute Gasteiger partial charge is 0.504 e. The molecule has 0 spiro atoms. The van der Waals surface area contributed by atoms with Crippen molar-refractivity contribution in [1.29, 1.82) is 0 Å². The van der Waals surface area contributed by atoms with Gasteiger partial charge in [0.1, 0.15) is 0 Å². The number of hydrogen-bond acceptors (Lipinski definition) is 3. The van der Waals surface area contributed by atoms with Gasteiger partial charge in [0, 0.05) is 27.4 Å². The van der Waals surface area contributed by atoms with Gasteiger partial charge in [0.25, 0.3) is 0 Å². The molecule has 0 bridgehead atoms. The van der Waals surface area contributed by atoms with Gasteiger partial charge in [-0.25, -0.2) is 0 Å². The normalized spacial score (nSPS) is 15.1. The third-order valence-corrected chi connectivity index (χ3v) is 5.00. The van der Waals surface area contributed by atoms with Crippen LogP contribution in [0, 0.1) is 0 Å². The second kappa shape index (κ2) is 6.41. The molecule has 0 rings (SSSR count). The summed E-state index contributed by atoms with van der Waals surface area (Å²) in [6.45, 7) is 0. The van der Waals surface area contributed by atoms with Crippen molar-refractivity contribution < 1.29 is 44.0 Å². The number of allylic oxidation sites excluding steroid dienone is 2. The molecule has 0 aromatic carbocycles. The highest BCUT2D eigenvalue weighted by Gasteiger charge is 2.71. The maximum Gasteiger partial charge on any atom is 0.504 e. The fraction of sp³-hybridized carbons (Fsp3) is 0.778. The predicted molar refractivity (Wildman–Crippen MR) is 56.7 cm³/mol. The van der Waals surface area contributed by atoms with E-state index < -0.39 is 38.9 Å². The monoisotopic (exact) mass is 330 g/mol. The minimum atomic E-state index is -6.36. The van der Waals surface area contributed by atoms with Crippen molar-refractivity contribution >= 4 is 8.80 Å². The zero-order valence-electron chi connectivity index (χ0n) is 10.7. The van der Waals surface area contributed by atoms with Crippen LogP contribution in [-0.4, -0.2) is 48.2 Å². The van der Waals surface area contributed by atoms with E-state index in [1.165, 1.54) is 0 Å². The molecular formula is C9H13F7O3Si. The molecule has 0 heterocycles. The Morgan fingerprint density at radius 1 is 0.850 bits per heavy atom. The lowest BCUT2D eigenvalue weighted by atomic mass is 10.1. The van der Waals surface area contributed by atoms with Gasteiger partial charge in [0.2, 0.25) is 0 Å². The first-order valence-electron chi connectivity index (χ1n) is 5.04. The van der Waals surface area contributed by atoms with Crippen molar-refractivity contribution in [3.05, 3.63) is 12.2 Å². The van der Waals surface area contributed by atoms with Crippen LogP contribution in [0.4, 0.5) is 30.7 Å². The van der Waals surface area contributed by atoms with Crippen LogP contribution < -0.4 is 0 Å². The van der Waals surface area contributed by atoms with Crippen molar-refractivity contribution in [3.8, 4) is 0 Å². The minimum absolute atomic E-state index is 0.419. The average molecular weight is 330 g/mol. The first kappa shape index (κ1) is 19.3. The topological polar surface area (TPSA) is 27.7 Å². The van der Waals surface area contributed by atoms with Crippen LogP contribution in [0.2, 0.25) is 6.04 Å². The van der Waals surface area contributed by atoms with E-state index in [-0.39, 0.29) is 0 Å². The second-order valence-electron chi connectivity index (χ2n) is 3.60. The Morgan fingerprint density at radius 2 is 1.25 bits per heavy atom. The first-order chi connectivity index (χ1) is 8.89. The van der Waals surface area contributed by atoms with Crippen LogP contribution in [0.15, 0.2) is 12.2 Å². The summed E-state index contributed by atoms with van der Waals surface area (Å²) in [5.41, 5.74) is 0. The quantitative estimate of drug-likeness (QED) is 0.407. The van der Waals surface area contributed by atoms with E-state index in [0.29, 0.717) is 6.08 Å². The Morgan fingerprint density at radius 3 is 1.55 bits per heavy atom. The molecule has 3 nitrogen and oxygen atoms in total. The highest BCUT2D eigenvalue weighted by Crippen LogP contribution is 2.47. The SMILES string of the molecule is CO[Si](C/C=C/C(F)(F)C(F)(F)C(F)(F)F)(OC)OC. The molecule has 0 aromatic rings. The molecule has 120 valence electrons. The van der Waals surface area contributed by atoms with Crippen LogP contribution in [0.25, 0.3) is 0 Å². The Kier molecular flexibility index (Phi) is 6.20. The van der Waals surface area contributed by atoms with Gasteiger partial charge in [0.15, 0.2) is 0 Å². The molecular weight excluding hydrogens is 317 g/mol. The third-order valence-electron chi connectivity index (χ3n) is 2.40. The Labute approximate surface area is 111 Å². The summed E-state index contributed by atoms with van der Waals surface area (Å²) in [7, 11) is 0.0349. The summed E-state index contributed by atoms with van der Waals surface area (Å²) in [5, 5.41) is 0. The molecule has 20 heavy (non-hydrogen) atoms. The molecule has 0 saturated heterocycles. The Hall–Kier alpha value is -0.653. The van der Waals surface area contributed by atoms with Crippen molar-refractivity contribution in [1.82, 2.24) is 0 Å². The molecule has 0 aliphatic rings. The van der Waals surface area contributed by atoms with Crippen LogP contribution in [-0.2, 0) is 13.3 Å². The number of hydrogen-bond donors (Lipinski definition) is 0. The Balaban J connectivity index is 5.07. The van der Waals surface area contributed by atoms with Crippen molar-refractivity contribution in [2.45, 2.75) is 24.1 Å². The fourth-order valence-corrected chi connectivity index (χ4v) is 2.55. The van der Waals surface area contributed by atoms with Gasteiger partial charge in [-0.1, -0.05) is 6.08 Å². The zero-order valence-corrected chi connectivity index (χ0v) is 11.7. The highest BCUT2D eigenvalue weighted by molar-refractivity contribution is 6.61. The highest BCUT2D eigenvalue weighted by atomic mass is 28.4. The van der Waals surface area contributed by atoms with Crippen LogP contribution in [0.5, 0.6) is 0 Å². The van der Waals surface area contributed by atoms with E-state index in [0.717, 1.165) is 21.3 Å². The molecule has 0 amide bonds. The molecule has 0 unspecified atom stereocenters. The first-order valence-corrected chi connectivity index (χ1v) is 6.98. The minimum Gasteiger partial charge on any atom is -0.377 e. The number of alkyl halides is 7. The molecule has 11 heteroatoms. The van der Waals surface area contributed by atoms with Crippen LogP contribution >= 0.6 is 0 Å². The van der Waals surface area contributed by atoms with E-state index in [1.807, 2.05) is 0 Å². The van der Waals surface area contributed by atoms with Gasteiger partial charge in [-0.2, -0.15) is 30.7 Å². The molecule has 0 saturated carbocycles. The van der Waals surface area contributed by atoms with Gasteiger partial charge in [0.05, 0.1) is 0 Å². The predicted octanol–water partition coefficient (Wildman–Crippen LogP) is 3.25. The summed E-state index contributed by atoms with van der Waals surface area (Å²) in [4.78, 5) is 0. The van der Waals surface area contributed by atoms with Gasteiger partial charge in [-0.05, 0) is 6.08 Å². The zero-order chi connectivity index (χ0) is 16.2. The van der Waals surface area contributed by atoms with E-state index in [1.54, 1.807) is 0 Å². The standard InChI is InChI=1S/C9H13F7O3Si/c1-17-20(18-2,19-3)6-4-5-7(10,11)8(12,13)9(14,15)16/h4-5H,6H2,1-3H3/b5-4+. The van der Waals surface area contributed by atoms with Crippen molar-refractivity contribution in [3.63, 3.8) is 0 Å². The molecule has 0 aliphatic heterocycles. The number of halogens is 7. The molecule has 0 atom stereocenters. The number of rotatable bonds is 7. The van der Waals surface area contributed by atoms with Gasteiger partial charge in [-0.15, -0.1) is 0 Å². The summed E-state index contributed by atoms with van der Waals surface area (Å²) in [5.74, 6) is -11.6. The van der Waals surface area contributed by atoms with Crippen LogP contribution in [0.1, 0.15) is 0 Å². The molecule has 0 aromatic heterocycles. The van der Waals surface area contributed by atoms with E-state index in [2.05, 4.69) is 0 Å². The maximum absolute atomic E-state index is 12.9. The smallest absolute Gasteiger partial charge is 0.377 e. The maximum atomic E-state index is 12.9. The summed E-state index contributed by atoms with van der Waals surface area (Å²) >= 11 is 0. The molecule has 0 aliphatic carbocycles. The third kappa shape index (κ3) is 3.93. The van der Waals surface area contributed by atoms with E-state index in [9.17, 15) is 30.7 Å². The average Bonchev–Trinajstić information content (AvgIpc) is 2.33. The van der Waals surface area contributed by atoms with Gasteiger partial charge >= 0.3 is 26.8 Å². The molecule has 0 N–H and O–H groups in total. The summed E-state index contributed by atoms with van der Waals surface area (Å²) < 4.78 is 101.